The van der Waals surface area contributed by atoms with Gasteiger partial charge in [0.15, 0.2) is 0 Å². The predicted octanol–water partition coefficient (Wildman–Crippen LogP) is 2.42. The number of aliphatic carboxylic acids is 1. The molecule has 1 N–H and O–H groups in total. The third kappa shape index (κ3) is 5.75. The van der Waals surface area contributed by atoms with Crippen molar-refractivity contribution >= 4 is 5.97 Å². The standard InChI is InChI=1S/C15H23NO3/c1-4-9-19-14-7-5-12(6-8-14)10-13(16(2)3)11-15(17)18/h5-8,13H,4,9-11H2,1-3H3,(H,17,18). The molecule has 1 aromatic rings. The van der Waals surface area contributed by atoms with E-state index >= 15 is 0 Å². The minimum Gasteiger partial charge on any atom is -0.494 e. The summed E-state index contributed by atoms with van der Waals surface area (Å²) in [6, 6.07) is 7.91. The molecule has 4 nitrogen and oxygen atoms in total. The highest BCUT2D eigenvalue weighted by Crippen LogP contribution is 2.16. The molecular formula is C15H23NO3. The number of rotatable bonds is 8. The predicted molar refractivity (Wildman–Crippen MR) is 75.7 cm³/mol. The molecule has 4 heteroatoms. The van der Waals surface area contributed by atoms with Gasteiger partial charge in [-0.3, -0.25) is 4.79 Å². The van der Waals surface area contributed by atoms with Crippen LogP contribution >= 0.6 is 0 Å². The molecule has 0 aliphatic carbocycles. The van der Waals surface area contributed by atoms with E-state index < -0.39 is 5.97 Å². The van der Waals surface area contributed by atoms with E-state index in [2.05, 4.69) is 6.92 Å². The molecule has 19 heavy (non-hydrogen) atoms. The van der Waals surface area contributed by atoms with Crippen molar-refractivity contribution in [2.75, 3.05) is 20.7 Å². The zero-order chi connectivity index (χ0) is 14.3. The Morgan fingerprint density at radius 2 is 1.95 bits per heavy atom. The Bertz CT molecular complexity index is 387. The zero-order valence-electron chi connectivity index (χ0n) is 11.9. The largest absolute Gasteiger partial charge is 0.494 e. The third-order valence-corrected chi connectivity index (χ3v) is 3.01. The first-order valence-electron chi connectivity index (χ1n) is 6.63. The molecule has 0 amide bonds. The van der Waals surface area contributed by atoms with Crippen LogP contribution in [0.15, 0.2) is 24.3 Å². The lowest BCUT2D eigenvalue weighted by Crippen LogP contribution is -2.32. The van der Waals surface area contributed by atoms with Gasteiger partial charge >= 0.3 is 5.97 Å². The van der Waals surface area contributed by atoms with Crippen molar-refractivity contribution in [3.05, 3.63) is 29.8 Å². The van der Waals surface area contributed by atoms with Gasteiger partial charge in [-0.25, -0.2) is 0 Å². The first kappa shape index (κ1) is 15.5. The average Bonchev–Trinajstić information content (AvgIpc) is 2.36. The van der Waals surface area contributed by atoms with Crippen LogP contribution in [0.4, 0.5) is 0 Å². The van der Waals surface area contributed by atoms with Gasteiger partial charge in [0.05, 0.1) is 13.0 Å². The van der Waals surface area contributed by atoms with Crippen molar-refractivity contribution < 1.29 is 14.6 Å². The number of nitrogens with zero attached hydrogens (tertiary/aromatic N) is 1. The van der Waals surface area contributed by atoms with Gasteiger partial charge < -0.3 is 14.7 Å². The van der Waals surface area contributed by atoms with E-state index in [0.29, 0.717) is 0 Å². The van der Waals surface area contributed by atoms with Gasteiger partial charge in [0, 0.05) is 6.04 Å². The van der Waals surface area contributed by atoms with Gasteiger partial charge in [-0.15, -0.1) is 0 Å². The van der Waals surface area contributed by atoms with Crippen LogP contribution in [0.2, 0.25) is 0 Å². The first-order chi connectivity index (χ1) is 9.02. The van der Waals surface area contributed by atoms with Crippen LogP contribution < -0.4 is 4.74 Å². The topological polar surface area (TPSA) is 49.8 Å². The number of carbonyl (C=O) groups is 1. The van der Waals surface area contributed by atoms with Crippen molar-refractivity contribution in [3.8, 4) is 5.75 Å². The van der Waals surface area contributed by atoms with Crippen LogP contribution in [-0.2, 0) is 11.2 Å². The molecule has 0 saturated carbocycles. The number of carboxylic acids is 1. The summed E-state index contributed by atoms with van der Waals surface area (Å²) < 4.78 is 5.52. The molecule has 1 rings (SSSR count). The SMILES string of the molecule is CCCOc1ccc(CC(CC(=O)O)N(C)C)cc1. The molecule has 0 bridgehead atoms. The van der Waals surface area contributed by atoms with E-state index in [4.69, 9.17) is 9.84 Å². The van der Waals surface area contributed by atoms with E-state index in [9.17, 15) is 4.79 Å². The van der Waals surface area contributed by atoms with Crippen LogP contribution in [0.3, 0.4) is 0 Å². The van der Waals surface area contributed by atoms with Crippen molar-refractivity contribution in [2.45, 2.75) is 32.2 Å². The maximum atomic E-state index is 10.8. The van der Waals surface area contributed by atoms with Gasteiger partial charge in [-0.05, 0) is 44.6 Å². The molecular weight excluding hydrogens is 242 g/mol. The zero-order valence-corrected chi connectivity index (χ0v) is 11.9. The molecule has 0 saturated heterocycles. The lowest BCUT2D eigenvalue weighted by atomic mass is 10.0. The monoisotopic (exact) mass is 265 g/mol. The smallest absolute Gasteiger partial charge is 0.304 e. The summed E-state index contributed by atoms with van der Waals surface area (Å²) in [7, 11) is 3.82. The number of benzene rings is 1. The van der Waals surface area contributed by atoms with Crippen LogP contribution in [0.25, 0.3) is 0 Å². The highest BCUT2D eigenvalue weighted by atomic mass is 16.5. The number of carboxylic acid groups (broad SMARTS) is 1. The van der Waals surface area contributed by atoms with Gasteiger partial charge in [0.1, 0.15) is 5.75 Å². The lowest BCUT2D eigenvalue weighted by Gasteiger charge is -2.22. The lowest BCUT2D eigenvalue weighted by molar-refractivity contribution is -0.138. The molecule has 0 fully saturated rings. The maximum absolute atomic E-state index is 10.8. The molecule has 0 aliphatic rings. The van der Waals surface area contributed by atoms with E-state index in [-0.39, 0.29) is 12.5 Å². The fourth-order valence-corrected chi connectivity index (χ4v) is 1.85. The van der Waals surface area contributed by atoms with E-state index in [1.54, 1.807) is 0 Å². The van der Waals surface area contributed by atoms with Crippen LogP contribution in [0, 0.1) is 0 Å². The van der Waals surface area contributed by atoms with Gasteiger partial charge in [-0.1, -0.05) is 19.1 Å². The first-order valence-corrected chi connectivity index (χ1v) is 6.63. The Morgan fingerprint density at radius 1 is 1.32 bits per heavy atom. The Hall–Kier alpha value is -1.55. The maximum Gasteiger partial charge on any atom is 0.304 e. The van der Waals surface area contributed by atoms with Gasteiger partial charge in [0.2, 0.25) is 0 Å². The Kier molecular flexibility index (Phi) is 6.36. The highest BCUT2D eigenvalue weighted by molar-refractivity contribution is 5.67. The van der Waals surface area contributed by atoms with Gasteiger partial charge in [-0.2, -0.15) is 0 Å². The molecule has 0 aliphatic heterocycles. The normalized spacial score (nSPS) is 12.4. The van der Waals surface area contributed by atoms with Crippen molar-refractivity contribution in [2.24, 2.45) is 0 Å². The van der Waals surface area contributed by atoms with E-state index in [0.717, 1.165) is 30.8 Å². The summed E-state index contributed by atoms with van der Waals surface area (Å²) in [6.45, 7) is 2.79. The Labute approximate surface area is 115 Å². The molecule has 106 valence electrons. The van der Waals surface area contributed by atoms with Crippen LogP contribution in [-0.4, -0.2) is 42.7 Å². The molecule has 1 aromatic carbocycles. The molecule has 1 atom stereocenters. The number of likely N-dealkylation sites (N-methyl/N-ethyl adjacent to an activating group) is 1. The van der Waals surface area contributed by atoms with Gasteiger partial charge in [0.25, 0.3) is 0 Å². The summed E-state index contributed by atoms with van der Waals surface area (Å²) in [4.78, 5) is 12.8. The van der Waals surface area contributed by atoms with Crippen LogP contribution in [0.1, 0.15) is 25.3 Å². The fraction of sp³-hybridized carbons (Fsp3) is 0.533. The highest BCUT2D eigenvalue weighted by Gasteiger charge is 2.16. The minimum atomic E-state index is -0.762. The molecule has 0 aromatic heterocycles. The van der Waals surface area contributed by atoms with Crippen molar-refractivity contribution in [1.82, 2.24) is 4.90 Å². The molecule has 0 spiro atoms. The van der Waals surface area contributed by atoms with Crippen LogP contribution in [0.5, 0.6) is 5.75 Å². The summed E-state index contributed by atoms with van der Waals surface area (Å²) in [6.07, 6.45) is 1.87. The number of hydrogen-bond donors (Lipinski definition) is 1. The van der Waals surface area contributed by atoms with Crippen molar-refractivity contribution in [1.29, 1.82) is 0 Å². The fourth-order valence-electron chi connectivity index (χ4n) is 1.85. The quantitative estimate of drug-likeness (QED) is 0.784. The molecule has 0 heterocycles. The summed E-state index contributed by atoms with van der Waals surface area (Å²) in [5.41, 5.74) is 1.13. The molecule has 0 radical (unpaired) electrons. The van der Waals surface area contributed by atoms with Crippen molar-refractivity contribution in [3.63, 3.8) is 0 Å². The Morgan fingerprint density at radius 3 is 2.42 bits per heavy atom. The third-order valence-electron chi connectivity index (χ3n) is 3.01. The minimum absolute atomic E-state index is 0.0138. The summed E-state index contributed by atoms with van der Waals surface area (Å²) >= 11 is 0. The second-order valence-electron chi connectivity index (χ2n) is 4.91. The van der Waals surface area contributed by atoms with E-state index in [1.165, 1.54) is 0 Å². The summed E-state index contributed by atoms with van der Waals surface area (Å²) in [5.74, 6) is 0.104. The Balaban J connectivity index is 2.61. The second kappa shape index (κ2) is 7.79. The van der Waals surface area contributed by atoms with E-state index in [1.807, 2.05) is 43.3 Å². The second-order valence-corrected chi connectivity index (χ2v) is 4.91. The number of hydrogen-bond acceptors (Lipinski definition) is 3. The average molecular weight is 265 g/mol. The summed E-state index contributed by atoms with van der Waals surface area (Å²) in [5, 5.41) is 8.91. The number of ether oxygens (including phenoxy) is 1. The molecule has 1 unspecified atom stereocenters.